The van der Waals surface area contributed by atoms with Gasteiger partial charge in [0.05, 0.1) is 5.75 Å². The van der Waals surface area contributed by atoms with Crippen LogP contribution in [0.2, 0.25) is 0 Å². The third kappa shape index (κ3) is 5.75. The van der Waals surface area contributed by atoms with Crippen LogP contribution in [-0.4, -0.2) is 32.5 Å². The molecular formula is C26H38N4OS. The largest absolute Gasteiger partial charge is 0.353 e. The lowest BCUT2D eigenvalue weighted by Crippen LogP contribution is -2.37. The molecule has 4 rings (SSSR count). The van der Waals surface area contributed by atoms with Crippen LogP contribution < -0.4 is 5.32 Å². The van der Waals surface area contributed by atoms with Crippen LogP contribution >= 0.6 is 11.8 Å². The number of aromatic nitrogens is 3. The lowest BCUT2D eigenvalue weighted by Gasteiger charge is -2.26. The number of hydrogen-bond acceptors (Lipinski definition) is 4. The van der Waals surface area contributed by atoms with Gasteiger partial charge in [-0.05, 0) is 36.7 Å². The van der Waals surface area contributed by atoms with Gasteiger partial charge >= 0.3 is 0 Å². The summed E-state index contributed by atoms with van der Waals surface area (Å²) in [6, 6.07) is 9.53. The third-order valence-corrected chi connectivity index (χ3v) is 7.86. The Morgan fingerprint density at radius 3 is 2.22 bits per heavy atom. The first-order chi connectivity index (χ1) is 15.4. The Labute approximate surface area is 197 Å². The van der Waals surface area contributed by atoms with Crippen molar-refractivity contribution in [3.8, 4) is 11.4 Å². The first-order valence-electron chi connectivity index (χ1n) is 12.4. The van der Waals surface area contributed by atoms with Crippen LogP contribution in [0.3, 0.4) is 0 Å². The monoisotopic (exact) mass is 454 g/mol. The van der Waals surface area contributed by atoms with Crippen LogP contribution in [0.25, 0.3) is 11.4 Å². The maximum atomic E-state index is 12.6. The second-order valence-electron chi connectivity index (χ2n) is 10.5. The summed E-state index contributed by atoms with van der Waals surface area (Å²) in [4.78, 5) is 12.6. The van der Waals surface area contributed by atoms with E-state index in [1.807, 2.05) is 0 Å². The number of rotatable bonds is 6. The molecule has 2 aromatic rings. The number of hydrogen-bond donors (Lipinski definition) is 1. The van der Waals surface area contributed by atoms with Crippen LogP contribution in [0.15, 0.2) is 29.4 Å². The van der Waals surface area contributed by atoms with Crippen molar-refractivity contribution in [2.75, 3.05) is 5.75 Å². The number of amides is 1. The molecule has 5 nitrogen and oxygen atoms in total. The number of benzene rings is 1. The van der Waals surface area contributed by atoms with Gasteiger partial charge in [-0.3, -0.25) is 9.36 Å². The average molecular weight is 455 g/mol. The fourth-order valence-corrected chi connectivity index (χ4v) is 5.82. The van der Waals surface area contributed by atoms with Crippen molar-refractivity contribution in [1.82, 2.24) is 20.1 Å². The molecule has 0 atom stereocenters. The van der Waals surface area contributed by atoms with E-state index in [9.17, 15) is 4.79 Å². The topological polar surface area (TPSA) is 59.8 Å². The zero-order valence-electron chi connectivity index (χ0n) is 19.9. The molecule has 2 aliphatic rings. The zero-order chi connectivity index (χ0) is 22.6. The second kappa shape index (κ2) is 10.4. The van der Waals surface area contributed by atoms with Crippen molar-refractivity contribution in [2.24, 2.45) is 0 Å². The maximum absolute atomic E-state index is 12.6. The van der Waals surface area contributed by atoms with E-state index in [0.29, 0.717) is 17.8 Å². The average Bonchev–Trinajstić information content (AvgIpc) is 3.22. The number of nitrogens with one attached hydrogen (secondary N) is 1. The molecule has 0 spiro atoms. The van der Waals surface area contributed by atoms with E-state index in [1.54, 1.807) is 0 Å². The second-order valence-corrected chi connectivity index (χ2v) is 11.4. The van der Waals surface area contributed by atoms with Crippen LogP contribution in [0.4, 0.5) is 0 Å². The minimum absolute atomic E-state index is 0.121. The molecule has 0 saturated heterocycles. The van der Waals surface area contributed by atoms with Gasteiger partial charge in [0.2, 0.25) is 5.91 Å². The number of carbonyl (C=O) groups excluding carboxylic acids is 1. The fraction of sp³-hybridized carbons (Fsp3) is 0.654. The van der Waals surface area contributed by atoms with Crippen molar-refractivity contribution in [3.63, 3.8) is 0 Å². The molecule has 174 valence electrons. The van der Waals surface area contributed by atoms with Crippen molar-refractivity contribution >= 4 is 17.7 Å². The molecule has 0 radical (unpaired) electrons. The van der Waals surface area contributed by atoms with Crippen molar-refractivity contribution < 1.29 is 4.79 Å². The first-order valence-corrected chi connectivity index (χ1v) is 13.4. The predicted molar refractivity (Wildman–Crippen MR) is 132 cm³/mol. The summed E-state index contributed by atoms with van der Waals surface area (Å²) >= 11 is 1.54. The van der Waals surface area contributed by atoms with E-state index in [1.165, 1.54) is 55.9 Å². The molecule has 6 heteroatoms. The molecule has 1 N–H and O–H groups in total. The lowest BCUT2D eigenvalue weighted by molar-refractivity contribution is -0.119. The standard InChI is InChI=1S/C26H38N4OS/c1-26(2,3)20-16-14-19(15-17-20)24-28-29-25(30(24)22-12-8-5-9-13-22)32-18-23(31)27-21-10-6-4-7-11-21/h14-17,21-22H,4-13,18H2,1-3H3,(H,27,31). The highest BCUT2D eigenvalue weighted by Gasteiger charge is 2.25. The molecule has 1 amide bonds. The van der Waals surface area contributed by atoms with Gasteiger partial charge in [0.1, 0.15) is 0 Å². The minimum atomic E-state index is 0.121. The molecule has 1 heterocycles. The van der Waals surface area contributed by atoms with E-state index < -0.39 is 0 Å². The van der Waals surface area contributed by atoms with Gasteiger partial charge in [-0.2, -0.15) is 0 Å². The van der Waals surface area contributed by atoms with Crippen LogP contribution in [0.5, 0.6) is 0 Å². The molecule has 32 heavy (non-hydrogen) atoms. The first kappa shape index (κ1) is 23.3. The maximum Gasteiger partial charge on any atom is 0.230 e. The van der Waals surface area contributed by atoms with Crippen molar-refractivity contribution in [1.29, 1.82) is 0 Å². The summed E-state index contributed by atoms with van der Waals surface area (Å²) in [5, 5.41) is 13.3. The van der Waals surface area contributed by atoms with Crippen molar-refractivity contribution in [2.45, 2.75) is 108 Å². The van der Waals surface area contributed by atoms with Gasteiger partial charge in [0, 0.05) is 17.6 Å². The zero-order valence-corrected chi connectivity index (χ0v) is 20.7. The Morgan fingerprint density at radius 2 is 1.59 bits per heavy atom. The summed E-state index contributed by atoms with van der Waals surface area (Å²) in [6.07, 6.45) is 12.1. The Bertz CT molecular complexity index is 888. The van der Waals surface area contributed by atoms with Gasteiger partial charge in [0.15, 0.2) is 11.0 Å². The number of thioether (sulfide) groups is 1. The highest BCUT2D eigenvalue weighted by molar-refractivity contribution is 7.99. The normalized spacial score (nSPS) is 18.6. The SMILES string of the molecule is CC(C)(C)c1ccc(-c2nnc(SCC(=O)NC3CCCCC3)n2C2CCCCC2)cc1. The summed E-state index contributed by atoms with van der Waals surface area (Å²) in [6.45, 7) is 6.71. The molecule has 0 aliphatic heterocycles. The van der Waals surface area contributed by atoms with Gasteiger partial charge in [-0.25, -0.2) is 0 Å². The summed E-state index contributed by atoms with van der Waals surface area (Å²) < 4.78 is 2.32. The molecule has 0 bridgehead atoms. The predicted octanol–water partition coefficient (Wildman–Crippen LogP) is 6.29. The quantitative estimate of drug-likeness (QED) is 0.521. The lowest BCUT2D eigenvalue weighted by atomic mass is 9.86. The number of nitrogens with zero attached hydrogens (tertiary/aromatic N) is 3. The molecular weight excluding hydrogens is 416 g/mol. The molecule has 2 fully saturated rings. The van der Waals surface area contributed by atoms with Gasteiger partial charge in [0.25, 0.3) is 0 Å². The van der Waals surface area contributed by atoms with E-state index in [2.05, 4.69) is 65.1 Å². The Morgan fingerprint density at radius 1 is 0.969 bits per heavy atom. The molecule has 2 saturated carbocycles. The van der Waals surface area contributed by atoms with Crippen molar-refractivity contribution in [3.05, 3.63) is 29.8 Å². The van der Waals surface area contributed by atoms with Gasteiger partial charge < -0.3 is 5.32 Å². The smallest absolute Gasteiger partial charge is 0.230 e. The Balaban J connectivity index is 1.52. The molecule has 1 aromatic carbocycles. The highest BCUT2D eigenvalue weighted by atomic mass is 32.2. The Kier molecular flexibility index (Phi) is 7.59. The summed E-state index contributed by atoms with van der Waals surface area (Å²) in [5.41, 5.74) is 2.55. The van der Waals surface area contributed by atoms with Crippen LogP contribution in [-0.2, 0) is 10.2 Å². The summed E-state index contributed by atoms with van der Waals surface area (Å²) in [7, 11) is 0. The molecule has 0 unspecified atom stereocenters. The molecule has 1 aromatic heterocycles. The van der Waals surface area contributed by atoms with E-state index >= 15 is 0 Å². The van der Waals surface area contributed by atoms with Crippen LogP contribution in [0, 0.1) is 0 Å². The summed E-state index contributed by atoms with van der Waals surface area (Å²) in [5.74, 6) is 1.47. The highest BCUT2D eigenvalue weighted by Crippen LogP contribution is 2.36. The Hall–Kier alpha value is -1.82. The van der Waals surface area contributed by atoms with Gasteiger partial charge in [-0.1, -0.05) is 95.3 Å². The van der Waals surface area contributed by atoms with E-state index in [-0.39, 0.29) is 11.3 Å². The molecule has 2 aliphatic carbocycles. The van der Waals surface area contributed by atoms with E-state index in [4.69, 9.17) is 0 Å². The van der Waals surface area contributed by atoms with Gasteiger partial charge in [-0.15, -0.1) is 10.2 Å². The third-order valence-electron chi connectivity index (χ3n) is 6.92. The van der Waals surface area contributed by atoms with E-state index in [0.717, 1.165) is 42.2 Å². The fourth-order valence-electron chi connectivity index (χ4n) is 5.01. The number of carbonyl (C=O) groups is 1. The minimum Gasteiger partial charge on any atom is -0.353 e. The van der Waals surface area contributed by atoms with Crippen LogP contribution in [0.1, 0.15) is 96.6 Å².